The number of halogens is 1. The van der Waals surface area contributed by atoms with Crippen LogP contribution in [-0.4, -0.2) is 51.0 Å². The van der Waals surface area contributed by atoms with Gasteiger partial charge >= 0.3 is 5.97 Å². The van der Waals surface area contributed by atoms with Crippen LogP contribution in [-0.2, 0) is 24.0 Å². The Morgan fingerprint density at radius 3 is 2.60 bits per heavy atom. The molecule has 2 N–H and O–H groups in total. The van der Waals surface area contributed by atoms with E-state index < -0.39 is 58.8 Å². The monoisotopic (exact) mass is 479 g/mol. The van der Waals surface area contributed by atoms with Crippen LogP contribution >= 0.6 is 0 Å². The lowest BCUT2D eigenvalue weighted by atomic mass is 9.59. The number of Topliss-reactive ketones (excluding diaryl/α,β-unsaturated/α-hetero) is 1. The number of aromatic hydroxyl groups is 1. The minimum atomic E-state index is -1.14. The highest BCUT2D eigenvalue weighted by Gasteiger charge is 2.56. The Morgan fingerprint density at radius 2 is 1.89 bits per heavy atom. The first-order chi connectivity index (χ1) is 16.6. The summed E-state index contributed by atoms with van der Waals surface area (Å²) in [6, 6.07) is 3.96. The second-order valence-corrected chi connectivity index (χ2v) is 9.38. The molecule has 4 aliphatic rings. The molecule has 5 rings (SSSR count). The number of para-hydroxylation sites is 1. The first-order valence-corrected chi connectivity index (χ1v) is 11.4. The van der Waals surface area contributed by atoms with Crippen LogP contribution < -0.4 is 0 Å². The van der Waals surface area contributed by atoms with Crippen LogP contribution in [0.1, 0.15) is 37.7 Å². The lowest BCUT2D eigenvalue weighted by molar-refractivity contribution is -0.142. The Labute approximate surface area is 199 Å². The van der Waals surface area contributed by atoms with Gasteiger partial charge in [-0.25, -0.2) is 4.39 Å². The molecule has 1 aliphatic heterocycles. The van der Waals surface area contributed by atoms with Gasteiger partial charge in [-0.3, -0.25) is 28.9 Å². The molecular formula is C26H22FNO7. The molecule has 1 aromatic carbocycles. The molecule has 1 aromatic rings. The number of likely N-dealkylation sites (tertiary alicyclic amines) is 1. The van der Waals surface area contributed by atoms with E-state index in [2.05, 4.69) is 0 Å². The number of ketones is 2. The number of carboxylic acids is 1. The van der Waals surface area contributed by atoms with Crippen molar-refractivity contribution in [3.05, 3.63) is 64.0 Å². The molecule has 35 heavy (non-hydrogen) atoms. The van der Waals surface area contributed by atoms with E-state index in [0.717, 1.165) is 11.0 Å². The highest BCUT2D eigenvalue weighted by atomic mass is 19.1. The second-order valence-electron chi connectivity index (χ2n) is 9.38. The molecule has 4 atom stereocenters. The minimum Gasteiger partial charge on any atom is -0.505 e. The zero-order valence-electron chi connectivity index (χ0n) is 18.8. The lowest BCUT2D eigenvalue weighted by Crippen LogP contribution is -2.40. The molecule has 9 heteroatoms. The smallest absolute Gasteiger partial charge is 0.305 e. The number of carbonyl (C=O) groups is 5. The van der Waals surface area contributed by atoms with Gasteiger partial charge in [0.25, 0.3) is 0 Å². The van der Waals surface area contributed by atoms with Crippen molar-refractivity contribution < 1.29 is 38.6 Å². The SMILES string of the molecule is CC1=CC(=O)C2=C(C1=O)C(c1cccc(F)c1O)C1=CCC3C(=O)N(CCC(=O)O)C(=O)C3C1C2. The molecule has 0 saturated carbocycles. The van der Waals surface area contributed by atoms with Crippen LogP contribution in [0, 0.1) is 23.6 Å². The van der Waals surface area contributed by atoms with E-state index in [-0.39, 0.29) is 53.9 Å². The summed E-state index contributed by atoms with van der Waals surface area (Å²) < 4.78 is 14.4. The summed E-state index contributed by atoms with van der Waals surface area (Å²) in [5, 5.41) is 19.6. The van der Waals surface area contributed by atoms with Gasteiger partial charge in [0.05, 0.1) is 18.3 Å². The molecule has 0 radical (unpaired) electrons. The molecule has 0 aromatic heterocycles. The van der Waals surface area contributed by atoms with Crippen molar-refractivity contribution in [1.82, 2.24) is 4.90 Å². The van der Waals surface area contributed by atoms with Crippen LogP contribution in [0.15, 0.2) is 52.6 Å². The van der Waals surface area contributed by atoms with Gasteiger partial charge in [-0.2, -0.15) is 0 Å². The van der Waals surface area contributed by atoms with Crippen molar-refractivity contribution in [2.75, 3.05) is 6.54 Å². The van der Waals surface area contributed by atoms with Crippen LogP contribution in [0.2, 0.25) is 0 Å². The average molecular weight is 479 g/mol. The van der Waals surface area contributed by atoms with Crippen molar-refractivity contribution in [3.8, 4) is 5.75 Å². The van der Waals surface area contributed by atoms with Crippen molar-refractivity contribution in [3.63, 3.8) is 0 Å². The molecule has 2 amide bonds. The van der Waals surface area contributed by atoms with Gasteiger partial charge in [-0.1, -0.05) is 23.8 Å². The lowest BCUT2D eigenvalue weighted by Gasteiger charge is -2.42. The Hall–Kier alpha value is -3.88. The van der Waals surface area contributed by atoms with Gasteiger partial charge in [0.1, 0.15) is 0 Å². The second kappa shape index (κ2) is 8.11. The van der Waals surface area contributed by atoms with Crippen molar-refractivity contribution >= 4 is 29.4 Å². The maximum absolute atomic E-state index is 14.4. The van der Waals surface area contributed by atoms with Crippen molar-refractivity contribution in [2.45, 2.75) is 32.1 Å². The Morgan fingerprint density at radius 1 is 1.14 bits per heavy atom. The molecule has 1 heterocycles. The van der Waals surface area contributed by atoms with Gasteiger partial charge in [0, 0.05) is 34.7 Å². The van der Waals surface area contributed by atoms with Gasteiger partial charge in [-0.15, -0.1) is 0 Å². The molecule has 4 unspecified atom stereocenters. The number of nitrogens with zero attached hydrogens (tertiary/aromatic N) is 1. The van der Waals surface area contributed by atoms with E-state index in [1.807, 2.05) is 0 Å². The number of carbonyl (C=O) groups excluding carboxylic acids is 4. The van der Waals surface area contributed by atoms with E-state index in [9.17, 15) is 33.5 Å². The molecule has 1 saturated heterocycles. The number of phenols is 1. The van der Waals surface area contributed by atoms with E-state index >= 15 is 0 Å². The van der Waals surface area contributed by atoms with Crippen LogP contribution in [0.25, 0.3) is 0 Å². The quantitative estimate of drug-likeness (QED) is 0.386. The maximum atomic E-state index is 14.4. The third kappa shape index (κ3) is 3.37. The highest BCUT2D eigenvalue weighted by Crippen LogP contribution is 2.56. The number of phenolic OH excluding ortho intramolecular Hbond substituents is 1. The highest BCUT2D eigenvalue weighted by molar-refractivity contribution is 6.24. The summed E-state index contributed by atoms with van der Waals surface area (Å²) >= 11 is 0. The van der Waals surface area contributed by atoms with Crippen LogP contribution in [0.5, 0.6) is 5.75 Å². The van der Waals surface area contributed by atoms with Crippen molar-refractivity contribution in [2.24, 2.45) is 17.8 Å². The number of amides is 2. The third-order valence-corrected chi connectivity index (χ3v) is 7.53. The number of aliphatic carboxylic acids is 1. The van der Waals surface area contributed by atoms with E-state index in [4.69, 9.17) is 5.11 Å². The number of carboxylic acid groups (broad SMARTS) is 1. The molecule has 0 bridgehead atoms. The van der Waals surface area contributed by atoms with E-state index in [0.29, 0.717) is 5.57 Å². The summed E-state index contributed by atoms with van der Waals surface area (Å²) in [7, 11) is 0. The number of fused-ring (bicyclic) bond motifs is 3. The number of imide groups is 1. The number of hydrogen-bond acceptors (Lipinski definition) is 6. The van der Waals surface area contributed by atoms with Crippen LogP contribution in [0.3, 0.4) is 0 Å². The van der Waals surface area contributed by atoms with Gasteiger partial charge in [0.15, 0.2) is 23.1 Å². The summed E-state index contributed by atoms with van der Waals surface area (Å²) in [6.07, 6.45) is 2.83. The third-order valence-electron chi connectivity index (χ3n) is 7.53. The standard InChI is InChI=1S/C26H22FNO7/c1-11-9-18(29)16-10-15-12(20(22(16)23(11)32)13-3-2-4-17(27)24(13)33)5-6-14-21(15)26(35)28(25(14)34)8-7-19(30)31/h2-5,9,14-15,20-21,33H,6-8,10H2,1H3,(H,30,31). The average Bonchev–Trinajstić information content (AvgIpc) is 3.06. The zero-order valence-corrected chi connectivity index (χ0v) is 18.8. The molecular weight excluding hydrogens is 457 g/mol. The van der Waals surface area contributed by atoms with Gasteiger partial charge in [0.2, 0.25) is 11.8 Å². The molecule has 3 aliphatic carbocycles. The summed E-state index contributed by atoms with van der Waals surface area (Å²) in [6.45, 7) is 1.27. The first kappa shape index (κ1) is 22.9. The topological polar surface area (TPSA) is 129 Å². The van der Waals surface area contributed by atoms with Gasteiger partial charge in [-0.05, 0) is 37.8 Å². The fourth-order valence-electron chi connectivity index (χ4n) is 5.97. The number of rotatable bonds is 4. The number of benzene rings is 1. The molecule has 8 nitrogen and oxygen atoms in total. The largest absolute Gasteiger partial charge is 0.505 e. The van der Waals surface area contributed by atoms with E-state index in [1.54, 1.807) is 6.08 Å². The fraction of sp³-hybridized carbons (Fsp3) is 0.346. The Balaban J connectivity index is 1.65. The number of allylic oxidation sites excluding steroid dienone is 6. The predicted octanol–water partition coefficient (Wildman–Crippen LogP) is 2.44. The van der Waals surface area contributed by atoms with E-state index in [1.165, 1.54) is 25.1 Å². The summed E-state index contributed by atoms with van der Waals surface area (Å²) in [5.74, 6) is -7.52. The Bertz CT molecular complexity index is 1320. The van der Waals surface area contributed by atoms with Crippen LogP contribution in [0.4, 0.5) is 4.39 Å². The zero-order chi connectivity index (χ0) is 25.2. The maximum Gasteiger partial charge on any atom is 0.305 e. The molecule has 180 valence electrons. The number of hydrogen-bond donors (Lipinski definition) is 2. The predicted molar refractivity (Wildman–Crippen MR) is 118 cm³/mol. The molecule has 1 fully saturated rings. The normalized spacial score (nSPS) is 27.9. The Kier molecular flexibility index (Phi) is 5.30. The first-order valence-electron chi connectivity index (χ1n) is 11.4. The van der Waals surface area contributed by atoms with Crippen molar-refractivity contribution in [1.29, 1.82) is 0 Å². The molecule has 0 spiro atoms. The van der Waals surface area contributed by atoms with Gasteiger partial charge < -0.3 is 10.2 Å². The summed E-state index contributed by atoms with van der Waals surface area (Å²) in [4.78, 5) is 64.5. The fourth-order valence-corrected chi connectivity index (χ4v) is 5.97. The minimum absolute atomic E-state index is 0.0506. The summed E-state index contributed by atoms with van der Waals surface area (Å²) in [5.41, 5.74) is 1.29.